The number of hydrogen-bond donors (Lipinski definition) is 1. The lowest BCUT2D eigenvalue weighted by atomic mass is 10.1. The molecule has 0 atom stereocenters. The summed E-state index contributed by atoms with van der Waals surface area (Å²) in [7, 11) is 0. The van der Waals surface area contributed by atoms with E-state index in [2.05, 4.69) is 15.6 Å². The molecule has 0 saturated heterocycles. The van der Waals surface area contributed by atoms with Crippen LogP contribution in [0.25, 0.3) is 11.5 Å². The zero-order chi connectivity index (χ0) is 19.0. The van der Waals surface area contributed by atoms with E-state index < -0.39 is 12.3 Å². The maximum absolute atomic E-state index is 12.9. The molecule has 0 unspecified atom stereocenters. The second-order valence-corrected chi connectivity index (χ2v) is 5.97. The molecule has 3 aromatic rings. The van der Waals surface area contributed by atoms with Crippen LogP contribution in [0.5, 0.6) is 0 Å². The summed E-state index contributed by atoms with van der Waals surface area (Å²) in [5, 5.41) is 8.32. The third-order valence-electron chi connectivity index (χ3n) is 4.18. The number of benzene rings is 2. The van der Waals surface area contributed by atoms with Crippen LogP contribution in [-0.4, -0.2) is 21.1 Å². The largest absolute Gasteiger partial charge is 0.415 e. The Bertz CT molecular complexity index is 989. The van der Waals surface area contributed by atoms with Gasteiger partial charge in [0.15, 0.2) is 0 Å². The van der Waals surface area contributed by atoms with E-state index in [0.29, 0.717) is 24.2 Å². The number of fused-ring (bicyclic) bond motifs is 1. The number of aromatic nitrogens is 2. The van der Waals surface area contributed by atoms with E-state index in [1.54, 1.807) is 30.3 Å². The lowest BCUT2D eigenvalue weighted by Gasteiger charge is -2.17. The van der Waals surface area contributed by atoms with Crippen LogP contribution in [0, 0.1) is 5.82 Å². The zero-order valence-corrected chi connectivity index (χ0v) is 13.8. The highest BCUT2D eigenvalue weighted by molar-refractivity contribution is 5.99. The minimum Gasteiger partial charge on any atom is -0.415 e. The number of rotatable bonds is 5. The highest BCUT2D eigenvalue weighted by Crippen LogP contribution is 2.28. The topological polar surface area (TPSA) is 71.3 Å². The van der Waals surface area contributed by atoms with Crippen LogP contribution in [0.15, 0.2) is 46.9 Å². The van der Waals surface area contributed by atoms with E-state index in [4.69, 9.17) is 4.42 Å². The number of halogens is 3. The van der Waals surface area contributed by atoms with Crippen LogP contribution in [-0.2, 0) is 13.1 Å². The molecule has 9 heteroatoms. The maximum Gasteiger partial charge on any atom is 0.314 e. The van der Waals surface area contributed by atoms with Gasteiger partial charge in [-0.3, -0.25) is 9.80 Å². The van der Waals surface area contributed by atoms with Gasteiger partial charge in [0.05, 0.1) is 6.54 Å². The zero-order valence-electron chi connectivity index (χ0n) is 13.8. The lowest BCUT2D eigenvalue weighted by molar-refractivity contribution is 0.0678. The molecular formula is C18H13F3N4O2. The van der Waals surface area contributed by atoms with Crippen LogP contribution >= 0.6 is 0 Å². The Hall–Kier alpha value is -3.20. The molecule has 1 aromatic heterocycles. The van der Waals surface area contributed by atoms with Gasteiger partial charge in [0.25, 0.3) is 11.8 Å². The van der Waals surface area contributed by atoms with Crippen molar-refractivity contribution in [1.29, 1.82) is 0 Å². The first kappa shape index (κ1) is 17.2. The molecule has 0 saturated carbocycles. The van der Waals surface area contributed by atoms with Crippen LogP contribution in [0.2, 0.25) is 0 Å². The van der Waals surface area contributed by atoms with Crippen molar-refractivity contribution in [3.05, 3.63) is 70.9 Å². The predicted octanol–water partition coefficient (Wildman–Crippen LogP) is 3.47. The van der Waals surface area contributed by atoms with Crippen molar-refractivity contribution in [1.82, 2.24) is 20.6 Å². The first-order valence-corrected chi connectivity index (χ1v) is 8.06. The van der Waals surface area contributed by atoms with Crippen LogP contribution in [0.4, 0.5) is 13.2 Å². The molecule has 1 aliphatic heterocycles. The molecule has 0 fully saturated rings. The monoisotopic (exact) mass is 374 g/mol. The summed E-state index contributed by atoms with van der Waals surface area (Å²) in [6.45, 7) is 0.704. The highest BCUT2D eigenvalue weighted by atomic mass is 19.3. The van der Waals surface area contributed by atoms with Gasteiger partial charge >= 0.3 is 6.43 Å². The van der Waals surface area contributed by atoms with Gasteiger partial charge in [-0.05, 0) is 35.4 Å². The number of alkyl halides is 2. The Labute approximate surface area is 151 Å². The Morgan fingerprint density at radius 1 is 1.15 bits per heavy atom. The van der Waals surface area contributed by atoms with Gasteiger partial charge in [0.1, 0.15) is 5.82 Å². The van der Waals surface area contributed by atoms with E-state index in [0.717, 1.165) is 11.1 Å². The van der Waals surface area contributed by atoms with Crippen molar-refractivity contribution in [2.75, 3.05) is 0 Å². The molecule has 1 aliphatic rings. The van der Waals surface area contributed by atoms with Crippen molar-refractivity contribution in [3.63, 3.8) is 0 Å². The first-order chi connectivity index (χ1) is 13.0. The van der Waals surface area contributed by atoms with Crippen molar-refractivity contribution < 1.29 is 22.4 Å². The number of hydrogen-bond acceptors (Lipinski definition) is 5. The van der Waals surface area contributed by atoms with E-state index in [1.807, 2.05) is 0 Å². The van der Waals surface area contributed by atoms with E-state index in [1.165, 1.54) is 17.1 Å². The standard InChI is InChI=1S/C18H13F3N4O2/c19-13-5-1-10(2-6-13)8-22-25-9-12-4-3-11(7-14(12)18(25)26)16-23-24-17(27-16)15(20)21/h1-7,15,22H,8-9H2. The SMILES string of the molecule is O=C1c2cc(-c3nnc(C(F)F)o3)ccc2CN1NCc1ccc(F)cc1. The predicted molar refractivity (Wildman–Crippen MR) is 87.8 cm³/mol. The summed E-state index contributed by atoms with van der Waals surface area (Å²) in [6, 6.07) is 10.9. The second kappa shape index (κ2) is 6.84. The number of carbonyl (C=O) groups is 1. The van der Waals surface area contributed by atoms with Crippen LogP contribution in [0.3, 0.4) is 0 Å². The van der Waals surface area contributed by atoms with E-state index >= 15 is 0 Å². The van der Waals surface area contributed by atoms with Crippen LogP contribution < -0.4 is 5.43 Å². The second-order valence-electron chi connectivity index (χ2n) is 5.97. The van der Waals surface area contributed by atoms with Gasteiger partial charge < -0.3 is 4.42 Å². The Morgan fingerprint density at radius 3 is 2.63 bits per heavy atom. The summed E-state index contributed by atoms with van der Waals surface area (Å²) >= 11 is 0. The van der Waals surface area contributed by atoms with Crippen molar-refractivity contribution in [2.24, 2.45) is 0 Å². The molecule has 4 rings (SSSR count). The number of nitrogens with one attached hydrogen (secondary N) is 1. The van der Waals surface area contributed by atoms with Gasteiger partial charge in [-0.2, -0.15) is 8.78 Å². The molecule has 2 heterocycles. The maximum atomic E-state index is 12.9. The normalized spacial score (nSPS) is 13.5. The van der Waals surface area contributed by atoms with Gasteiger partial charge in [0, 0.05) is 17.7 Å². The van der Waals surface area contributed by atoms with Crippen molar-refractivity contribution >= 4 is 5.91 Å². The molecule has 0 bridgehead atoms. The molecular weight excluding hydrogens is 361 g/mol. The molecule has 0 spiro atoms. The summed E-state index contributed by atoms with van der Waals surface area (Å²) in [4.78, 5) is 12.6. The fourth-order valence-electron chi connectivity index (χ4n) is 2.79. The van der Waals surface area contributed by atoms with E-state index in [9.17, 15) is 18.0 Å². The average Bonchev–Trinajstić information content (AvgIpc) is 3.27. The fraction of sp³-hybridized carbons (Fsp3) is 0.167. The minimum absolute atomic E-state index is 0.0707. The molecule has 6 nitrogen and oxygen atoms in total. The number of hydrazine groups is 1. The number of carbonyl (C=O) groups excluding carboxylic acids is 1. The summed E-state index contributed by atoms with van der Waals surface area (Å²) in [5.74, 6) is -1.42. The molecule has 2 aromatic carbocycles. The lowest BCUT2D eigenvalue weighted by Crippen LogP contribution is -2.37. The smallest absolute Gasteiger partial charge is 0.314 e. The molecule has 0 aliphatic carbocycles. The summed E-state index contributed by atoms with van der Waals surface area (Å²) in [6.07, 6.45) is -2.85. The first-order valence-electron chi connectivity index (χ1n) is 8.06. The molecule has 1 N–H and O–H groups in total. The third-order valence-corrected chi connectivity index (χ3v) is 4.18. The van der Waals surface area contributed by atoms with Gasteiger partial charge in [-0.15, -0.1) is 10.2 Å². The third kappa shape index (κ3) is 3.41. The van der Waals surface area contributed by atoms with Crippen molar-refractivity contribution in [3.8, 4) is 11.5 Å². The minimum atomic E-state index is -2.85. The van der Waals surface area contributed by atoms with Gasteiger partial charge in [0.2, 0.25) is 5.89 Å². The highest BCUT2D eigenvalue weighted by Gasteiger charge is 2.28. The molecule has 27 heavy (non-hydrogen) atoms. The number of nitrogens with zero attached hydrogens (tertiary/aromatic N) is 3. The van der Waals surface area contributed by atoms with E-state index in [-0.39, 0.29) is 17.6 Å². The van der Waals surface area contributed by atoms with Gasteiger partial charge in [-0.25, -0.2) is 9.82 Å². The Kier molecular flexibility index (Phi) is 4.36. The van der Waals surface area contributed by atoms with Gasteiger partial charge in [-0.1, -0.05) is 18.2 Å². The summed E-state index contributed by atoms with van der Waals surface area (Å²) in [5.41, 5.74) is 5.43. The average molecular weight is 374 g/mol. The Balaban J connectivity index is 1.49. The van der Waals surface area contributed by atoms with Crippen LogP contribution in [0.1, 0.15) is 33.8 Å². The Morgan fingerprint density at radius 2 is 1.93 bits per heavy atom. The molecule has 138 valence electrons. The van der Waals surface area contributed by atoms with Crippen molar-refractivity contribution in [2.45, 2.75) is 19.5 Å². The quantitative estimate of drug-likeness (QED) is 0.740. The molecule has 1 amide bonds. The fourth-order valence-corrected chi connectivity index (χ4v) is 2.79. The molecule has 0 radical (unpaired) electrons. The number of amides is 1. The summed E-state index contributed by atoms with van der Waals surface area (Å²) < 4.78 is 43.1.